The van der Waals surface area contributed by atoms with E-state index >= 15 is 0 Å². The van der Waals surface area contributed by atoms with Crippen molar-refractivity contribution < 1.29 is 5.11 Å². The standard InChI is InChI=1S/C24H28N2OS/c1-15-10-22(25-3)16(2)9-19(15)11-20-14-28-24(26-20)21-12-17-7-5-4-6-8-18(17)13-23(21)27/h9-10,12-14,25,27H,4-8,11H2,1-3H3. The van der Waals surface area contributed by atoms with Gasteiger partial charge in [0.05, 0.1) is 11.3 Å². The van der Waals surface area contributed by atoms with Crippen molar-refractivity contribution in [3.8, 4) is 16.3 Å². The lowest BCUT2D eigenvalue weighted by Gasteiger charge is -2.11. The number of anilines is 1. The van der Waals surface area contributed by atoms with E-state index in [1.807, 2.05) is 13.1 Å². The Morgan fingerprint density at radius 1 is 1.00 bits per heavy atom. The maximum absolute atomic E-state index is 10.6. The first-order valence-electron chi connectivity index (χ1n) is 10.1. The lowest BCUT2D eigenvalue weighted by Crippen LogP contribution is -1.98. The van der Waals surface area contributed by atoms with Crippen LogP contribution < -0.4 is 5.32 Å². The second-order valence-electron chi connectivity index (χ2n) is 7.86. The Hall–Kier alpha value is -2.33. The van der Waals surface area contributed by atoms with Crippen molar-refractivity contribution in [3.63, 3.8) is 0 Å². The highest BCUT2D eigenvalue weighted by molar-refractivity contribution is 7.13. The number of rotatable bonds is 4. The van der Waals surface area contributed by atoms with Gasteiger partial charge in [-0.1, -0.05) is 12.5 Å². The molecule has 1 heterocycles. The molecule has 146 valence electrons. The Bertz CT molecular complexity index is 1010. The van der Waals surface area contributed by atoms with Crippen LogP contribution in [0.4, 0.5) is 5.69 Å². The molecule has 0 aliphatic heterocycles. The summed E-state index contributed by atoms with van der Waals surface area (Å²) in [6.45, 7) is 4.29. The summed E-state index contributed by atoms with van der Waals surface area (Å²) in [5, 5.41) is 16.9. The number of phenols is 1. The molecule has 0 fully saturated rings. The molecular weight excluding hydrogens is 364 g/mol. The number of phenolic OH excluding ortho intramolecular Hbond substituents is 1. The minimum atomic E-state index is 0.368. The van der Waals surface area contributed by atoms with Gasteiger partial charge in [-0.05, 0) is 85.5 Å². The van der Waals surface area contributed by atoms with E-state index in [4.69, 9.17) is 4.98 Å². The van der Waals surface area contributed by atoms with Crippen LogP contribution in [0.25, 0.3) is 10.6 Å². The number of aromatic hydroxyl groups is 1. The van der Waals surface area contributed by atoms with Gasteiger partial charge in [0, 0.05) is 24.5 Å². The van der Waals surface area contributed by atoms with Crippen LogP contribution in [0, 0.1) is 13.8 Å². The van der Waals surface area contributed by atoms with E-state index in [2.05, 4.69) is 42.7 Å². The Labute approximate surface area is 171 Å². The van der Waals surface area contributed by atoms with Crippen molar-refractivity contribution in [2.75, 3.05) is 12.4 Å². The third kappa shape index (κ3) is 3.79. The molecule has 3 aromatic rings. The van der Waals surface area contributed by atoms with Crippen molar-refractivity contribution in [1.82, 2.24) is 4.98 Å². The number of aryl methyl sites for hydroxylation is 4. The van der Waals surface area contributed by atoms with Gasteiger partial charge in [-0.25, -0.2) is 4.98 Å². The molecule has 1 aliphatic rings. The summed E-state index contributed by atoms with van der Waals surface area (Å²) in [6, 6.07) is 8.60. The number of nitrogens with zero attached hydrogens (tertiary/aromatic N) is 1. The van der Waals surface area contributed by atoms with E-state index in [9.17, 15) is 5.11 Å². The molecule has 0 radical (unpaired) electrons. The van der Waals surface area contributed by atoms with Crippen LogP contribution >= 0.6 is 11.3 Å². The quantitative estimate of drug-likeness (QED) is 0.533. The minimum absolute atomic E-state index is 0.368. The predicted molar refractivity (Wildman–Crippen MR) is 119 cm³/mol. The van der Waals surface area contributed by atoms with E-state index in [0.717, 1.165) is 35.5 Å². The van der Waals surface area contributed by atoms with Crippen LogP contribution in [0.3, 0.4) is 0 Å². The molecule has 4 rings (SSSR count). The average Bonchev–Trinajstić information content (AvgIpc) is 3.01. The van der Waals surface area contributed by atoms with Gasteiger partial charge in [0.15, 0.2) is 0 Å². The molecule has 0 amide bonds. The van der Waals surface area contributed by atoms with Crippen LogP contribution in [0.1, 0.15) is 52.8 Å². The van der Waals surface area contributed by atoms with Crippen LogP contribution in [-0.2, 0) is 19.3 Å². The zero-order valence-electron chi connectivity index (χ0n) is 16.9. The van der Waals surface area contributed by atoms with Gasteiger partial charge in [0.2, 0.25) is 0 Å². The fourth-order valence-electron chi connectivity index (χ4n) is 4.16. The van der Waals surface area contributed by atoms with Crippen molar-refractivity contribution in [2.45, 2.75) is 52.4 Å². The molecule has 3 nitrogen and oxygen atoms in total. The molecule has 0 saturated carbocycles. The van der Waals surface area contributed by atoms with Crippen molar-refractivity contribution >= 4 is 17.0 Å². The SMILES string of the molecule is CNc1cc(C)c(Cc2csc(-c3cc4c(cc3O)CCCCC4)n2)cc1C. The highest BCUT2D eigenvalue weighted by Gasteiger charge is 2.16. The van der Waals surface area contributed by atoms with Gasteiger partial charge in [-0.2, -0.15) is 0 Å². The second-order valence-corrected chi connectivity index (χ2v) is 8.72. The summed E-state index contributed by atoms with van der Waals surface area (Å²) in [6.07, 6.45) is 6.74. The monoisotopic (exact) mass is 392 g/mol. The zero-order valence-corrected chi connectivity index (χ0v) is 17.7. The lowest BCUT2D eigenvalue weighted by molar-refractivity contribution is 0.476. The predicted octanol–water partition coefficient (Wildman–Crippen LogP) is 6.03. The maximum Gasteiger partial charge on any atom is 0.127 e. The van der Waals surface area contributed by atoms with Crippen molar-refractivity contribution in [2.24, 2.45) is 0 Å². The molecule has 0 spiro atoms. The van der Waals surface area contributed by atoms with Crippen molar-refractivity contribution in [1.29, 1.82) is 0 Å². The minimum Gasteiger partial charge on any atom is -0.507 e. The largest absolute Gasteiger partial charge is 0.507 e. The summed E-state index contributed by atoms with van der Waals surface area (Å²) in [4.78, 5) is 4.87. The molecule has 1 aliphatic carbocycles. The average molecular weight is 393 g/mol. The molecule has 0 atom stereocenters. The lowest BCUT2D eigenvalue weighted by atomic mass is 9.99. The Morgan fingerprint density at radius 2 is 1.75 bits per heavy atom. The smallest absolute Gasteiger partial charge is 0.127 e. The summed E-state index contributed by atoms with van der Waals surface area (Å²) in [5.41, 5.74) is 9.65. The Kier molecular flexibility index (Phi) is 5.40. The van der Waals surface area contributed by atoms with Crippen LogP contribution in [0.2, 0.25) is 0 Å². The first-order valence-corrected chi connectivity index (χ1v) is 11.0. The number of benzene rings is 2. The molecule has 0 bridgehead atoms. The van der Waals surface area contributed by atoms with Gasteiger partial charge in [-0.15, -0.1) is 11.3 Å². The summed E-state index contributed by atoms with van der Waals surface area (Å²) < 4.78 is 0. The number of hydrogen-bond acceptors (Lipinski definition) is 4. The van der Waals surface area contributed by atoms with Crippen molar-refractivity contribution in [3.05, 3.63) is 63.2 Å². The number of aromatic nitrogens is 1. The molecule has 0 saturated heterocycles. The molecule has 28 heavy (non-hydrogen) atoms. The molecule has 2 aromatic carbocycles. The topological polar surface area (TPSA) is 45.1 Å². The first kappa shape index (κ1) is 19.0. The molecule has 1 aromatic heterocycles. The highest BCUT2D eigenvalue weighted by atomic mass is 32.1. The fourth-order valence-corrected chi connectivity index (χ4v) is 5.01. The van der Waals surface area contributed by atoms with E-state index in [-0.39, 0.29) is 0 Å². The fraction of sp³-hybridized carbons (Fsp3) is 0.375. The summed E-state index contributed by atoms with van der Waals surface area (Å²) >= 11 is 1.63. The van der Waals surface area contributed by atoms with Crippen LogP contribution in [-0.4, -0.2) is 17.1 Å². The highest BCUT2D eigenvalue weighted by Crippen LogP contribution is 2.36. The molecule has 0 unspecified atom stereocenters. The van der Waals surface area contributed by atoms with Gasteiger partial charge in [0.1, 0.15) is 10.8 Å². The van der Waals surface area contributed by atoms with Crippen LogP contribution in [0.5, 0.6) is 5.75 Å². The number of hydrogen-bond donors (Lipinski definition) is 2. The normalized spacial score (nSPS) is 13.8. The van der Waals surface area contributed by atoms with Gasteiger partial charge >= 0.3 is 0 Å². The third-order valence-corrected chi connectivity index (χ3v) is 6.74. The number of thiazole rings is 1. The number of nitrogens with one attached hydrogen (secondary N) is 1. The van der Waals surface area contributed by atoms with E-state index in [1.165, 1.54) is 52.8 Å². The first-order chi connectivity index (χ1) is 13.5. The number of fused-ring (bicyclic) bond motifs is 1. The molecular formula is C24H28N2OS. The summed E-state index contributed by atoms with van der Waals surface area (Å²) in [5.74, 6) is 0.368. The Morgan fingerprint density at radius 3 is 2.50 bits per heavy atom. The van der Waals surface area contributed by atoms with Gasteiger partial charge < -0.3 is 10.4 Å². The third-order valence-electron chi connectivity index (χ3n) is 5.82. The second kappa shape index (κ2) is 7.96. The summed E-state index contributed by atoms with van der Waals surface area (Å²) in [7, 11) is 1.96. The maximum atomic E-state index is 10.6. The molecule has 2 N–H and O–H groups in total. The Balaban J connectivity index is 1.62. The van der Waals surface area contributed by atoms with E-state index in [1.54, 1.807) is 11.3 Å². The van der Waals surface area contributed by atoms with Gasteiger partial charge in [-0.3, -0.25) is 0 Å². The van der Waals surface area contributed by atoms with Crippen LogP contribution in [0.15, 0.2) is 29.6 Å². The van der Waals surface area contributed by atoms with Gasteiger partial charge in [0.25, 0.3) is 0 Å². The van der Waals surface area contributed by atoms with E-state index < -0.39 is 0 Å². The van der Waals surface area contributed by atoms with E-state index in [0.29, 0.717) is 5.75 Å². The zero-order chi connectivity index (χ0) is 19.7. The molecule has 4 heteroatoms.